The Kier molecular flexibility index (Phi) is 5.84. The summed E-state index contributed by atoms with van der Waals surface area (Å²) in [6, 6.07) is 23.7. The van der Waals surface area contributed by atoms with Gasteiger partial charge < -0.3 is 4.74 Å². The van der Waals surface area contributed by atoms with Crippen molar-refractivity contribution in [1.82, 2.24) is 4.98 Å². The minimum absolute atomic E-state index is 0.207. The topological polar surface area (TPSA) is 46.5 Å². The summed E-state index contributed by atoms with van der Waals surface area (Å²) >= 11 is 0. The minimum Gasteiger partial charge on any atom is -0.488 e. The van der Waals surface area contributed by atoms with Crippen molar-refractivity contribution in [3.8, 4) is 5.75 Å². The number of pyridine rings is 1. The molecule has 1 N–H and O–H groups in total. The fourth-order valence-electron chi connectivity index (χ4n) is 3.09. The van der Waals surface area contributed by atoms with Gasteiger partial charge in [-0.2, -0.15) is 18.3 Å². The summed E-state index contributed by atoms with van der Waals surface area (Å²) < 4.78 is 43.9. The van der Waals surface area contributed by atoms with Gasteiger partial charge in [-0.3, -0.25) is 5.43 Å². The molecule has 4 aromatic rings. The Bertz CT molecular complexity index is 1200. The largest absolute Gasteiger partial charge is 0.488 e. The van der Waals surface area contributed by atoms with Gasteiger partial charge in [0.1, 0.15) is 18.2 Å². The number of hydrogen-bond donors (Lipinski definition) is 1. The third-order valence-electron chi connectivity index (χ3n) is 4.66. The van der Waals surface area contributed by atoms with Gasteiger partial charge in [-0.05, 0) is 40.6 Å². The highest BCUT2D eigenvalue weighted by atomic mass is 19.4. The molecule has 7 heteroatoms. The summed E-state index contributed by atoms with van der Waals surface area (Å²) in [7, 11) is 0. The predicted octanol–water partition coefficient (Wildman–Crippen LogP) is 6.28. The molecule has 3 aromatic carbocycles. The molecule has 0 aliphatic heterocycles. The highest BCUT2D eigenvalue weighted by Crippen LogP contribution is 2.29. The summed E-state index contributed by atoms with van der Waals surface area (Å²) in [6.07, 6.45) is -2.12. The number of nitrogens with one attached hydrogen (secondary N) is 1. The first-order valence-corrected chi connectivity index (χ1v) is 9.51. The first kappa shape index (κ1) is 20.4. The van der Waals surface area contributed by atoms with Gasteiger partial charge in [-0.1, -0.05) is 54.6 Å². The second kappa shape index (κ2) is 8.87. The lowest BCUT2D eigenvalue weighted by atomic mass is 10.1. The monoisotopic (exact) mass is 421 g/mol. The molecule has 4 rings (SSSR count). The Balaban J connectivity index is 1.45. The molecule has 0 aliphatic rings. The van der Waals surface area contributed by atoms with Crippen LogP contribution in [0.4, 0.5) is 19.0 Å². The minimum atomic E-state index is -4.42. The summed E-state index contributed by atoms with van der Waals surface area (Å²) in [5, 5.41) is 6.35. The van der Waals surface area contributed by atoms with E-state index >= 15 is 0 Å². The standard InChI is InChI=1S/C24H18F3N3O/c25-24(26,27)20-12-13-23(28-15-20)30-29-14-18-7-2-4-11-22(18)31-16-19-9-5-8-17-6-1-3-10-21(17)19/h1-15H,16H2,(H,28,30)/b29-14-. The van der Waals surface area contributed by atoms with E-state index in [2.05, 4.69) is 33.7 Å². The maximum atomic E-state index is 12.6. The summed E-state index contributed by atoms with van der Waals surface area (Å²) in [5.41, 5.74) is 3.61. The Morgan fingerprint density at radius 2 is 1.68 bits per heavy atom. The van der Waals surface area contributed by atoms with E-state index in [0.717, 1.165) is 34.2 Å². The second-order valence-corrected chi connectivity index (χ2v) is 6.76. The first-order chi connectivity index (χ1) is 15.0. The van der Waals surface area contributed by atoms with Crippen LogP contribution >= 0.6 is 0 Å². The number of aromatic nitrogens is 1. The number of ether oxygens (including phenoxy) is 1. The summed E-state index contributed by atoms with van der Waals surface area (Å²) in [4.78, 5) is 3.73. The quantitative estimate of drug-likeness (QED) is 0.294. The summed E-state index contributed by atoms with van der Waals surface area (Å²) in [5.74, 6) is 0.847. The molecule has 156 valence electrons. The number of nitrogens with zero attached hydrogens (tertiary/aromatic N) is 2. The van der Waals surface area contributed by atoms with Gasteiger partial charge in [0.15, 0.2) is 0 Å². The zero-order chi connectivity index (χ0) is 21.7. The number of benzene rings is 3. The van der Waals surface area contributed by atoms with Crippen molar-refractivity contribution < 1.29 is 17.9 Å². The predicted molar refractivity (Wildman–Crippen MR) is 115 cm³/mol. The molecule has 0 saturated carbocycles. The molecule has 0 fully saturated rings. The molecule has 0 aliphatic carbocycles. The fraction of sp³-hybridized carbons (Fsp3) is 0.0833. The van der Waals surface area contributed by atoms with Crippen LogP contribution in [-0.2, 0) is 12.8 Å². The number of hydrazone groups is 1. The van der Waals surface area contributed by atoms with Crippen LogP contribution in [0, 0.1) is 0 Å². The molecule has 0 bridgehead atoms. The van der Waals surface area contributed by atoms with Crippen LogP contribution in [0.1, 0.15) is 16.7 Å². The normalized spacial score (nSPS) is 11.7. The van der Waals surface area contributed by atoms with E-state index in [9.17, 15) is 13.2 Å². The highest BCUT2D eigenvalue weighted by molar-refractivity contribution is 5.86. The van der Waals surface area contributed by atoms with E-state index < -0.39 is 11.7 Å². The van der Waals surface area contributed by atoms with Crippen molar-refractivity contribution in [1.29, 1.82) is 0 Å². The number of hydrogen-bond acceptors (Lipinski definition) is 4. The van der Waals surface area contributed by atoms with E-state index in [4.69, 9.17) is 4.74 Å². The van der Waals surface area contributed by atoms with Crippen LogP contribution in [-0.4, -0.2) is 11.2 Å². The second-order valence-electron chi connectivity index (χ2n) is 6.76. The Labute approximate surface area is 177 Å². The van der Waals surface area contributed by atoms with Gasteiger partial charge in [-0.25, -0.2) is 4.98 Å². The average molecular weight is 421 g/mol. The van der Waals surface area contributed by atoms with Crippen molar-refractivity contribution in [3.63, 3.8) is 0 Å². The molecule has 4 nitrogen and oxygen atoms in total. The number of halogens is 3. The SMILES string of the molecule is FC(F)(F)c1ccc(N/N=C\c2ccccc2OCc2cccc3ccccc23)nc1. The van der Waals surface area contributed by atoms with Gasteiger partial charge in [-0.15, -0.1) is 0 Å². The lowest BCUT2D eigenvalue weighted by Crippen LogP contribution is -2.05. The molecule has 1 heterocycles. The third kappa shape index (κ3) is 5.01. The molecule has 0 radical (unpaired) electrons. The third-order valence-corrected chi connectivity index (χ3v) is 4.66. The van der Waals surface area contributed by atoms with Crippen molar-refractivity contribution in [2.24, 2.45) is 5.10 Å². The van der Waals surface area contributed by atoms with Gasteiger partial charge in [0, 0.05) is 11.8 Å². The molecule has 0 saturated heterocycles. The van der Waals surface area contributed by atoms with E-state index in [0.29, 0.717) is 12.4 Å². The molecule has 0 unspecified atom stereocenters. The Morgan fingerprint density at radius 1 is 0.903 bits per heavy atom. The Morgan fingerprint density at radius 3 is 2.48 bits per heavy atom. The number of anilines is 1. The van der Waals surface area contributed by atoms with Crippen molar-refractivity contribution in [3.05, 3.63) is 102 Å². The van der Waals surface area contributed by atoms with Crippen LogP contribution in [0.5, 0.6) is 5.75 Å². The molecule has 1 aromatic heterocycles. The van der Waals surface area contributed by atoms with E-state index in [-0.39, 0.29) is 5.82 Å². The fourth-order valence-corrected chi connectivity index (χ4v) is 3.09. The van der Waals surface area contributed by atoms with Gasteiger partial charge >= 0.3 is 6.18 Å². The molecule has 31 heavy (non-hydrogen) atoms. The number of rotatable bonds is 6. The number of alkyl halides is 3. The van der Waals surface area contributed by atoms with Gasteiger partial charge in [0.25, 0.3) is 0 Å². The smallest absolute Gasteiger partial charge is 0.417 e. The number of para-hydroxylation sites is 1. The average Bonchev–Trinajstić information content (AvgIpc) is 2.78. The lowest BCUT2D eigenvalue weighted by Gasteiger charge is -2.11. The maximum Gasteiger partial charge on any atom is 0.417 e. The molecule has 0 amide bonds. The summed E-state index contributed by atoms with van der Waals surface area (Å²) in [6.45, 7) is 0.389. The molecule has 0 atom stereocenters. The zero-order valence-electron chi connectivity index (χ0n) is 16.3. The van der Waals surface area contributed by atoms with E-state index in [1.165, 1.54) is 12.3 Å². The van der Waals surface area contributed by atoms with Crippen molar-refractivity contribution in [2.45, 2.75) is 12.8 Å². The lowest BCUT2D eigenvalue weighted by molar-refractivity contribution is -0.137. The zero-order valence-corrected chi connectivity index (χ0v) is 16.3. The van der Waals surface area contributed by atoms with E-state index in [1.54, 1.807) is 0 Å². The van der Waals surface area contributed by atoms with Crippen LogP contribution in [0.3, 0.4) is 0 Å². The molecule has 0 spiro atoms. The van der Waals surface area contributed by atoms with Crippen molar-refractivity contribution >= 4 is 22.8 Å². The maximum absolute atomic E-state index is 12.6. The van der Waals surface area contributed by atoms with Crippen LogP contribution in [0.15, 0.2) is 90.2 Å². The van der Waals surface area contributed by atoms with Crippen LogP contribution < -0.4 is 10.2 Å². The van der Waals surface area contributed by atoms with Crippen LogP contribution in [0.25, 0.3) is 10.8 Å². The Hall–Kier alpha value is -3.87. The van der Waals surface area contributed by atoms with Crippen LogP contribution in [0.2, 0.25) is 0 Å². The highest BCUT2D eigenvalue weighted by Gasteiger charge is 2.30. The first-order valence-electron chi connectivity index (χ1n) is 9.51. The van der Waals surface area contributed by atoms with Gasteiger partial charge in [0.05, 0.1) is 11.8 Å². The molecular formula is C24H18F3N3O. The number of fused-ring (bicyclic) bond motifs is 1. The van der Waals surface area contributed by atoms with E-state index in [1.807, 2.05) is 48.5 Å². The van der Waals surface area contributed by atoms with Gasteiger partial charge in [0.2, 0.25) is 0 Å². The molecular weight excluding hydrogens is 403 g/mol. The van der Waals surface area contributed by atoms with Crippen molar-refractivity contribution in [2.75, 3.05) is 5.43 Å².